The van der Waals surface area contributed by atoms with Crippen molar-refractivity contribution in [1.82, 2.24) is 5.16 Å². The van der Waals surface area contributed by atoms with Crippen molar-refractivity contribution in [2.75, 3.05) is 18.0 Å². The van der Waals surface area contributed by atoms with Crippen LogP contribution in [0.5, 0.6) is 0 Å². The van der Waals surface area contributed by atoms with Gasteiger partial charge in [-0.3, -0.25) is 0 Å². The number of allylic oxidation sites excluding steroid dienone is 1. The zero-order valence-corrected chi connectivity index (χ0v) is 23.0. The highest BCUT2D eigenvalue weighted by atomic mass is 35.5. The lowest BCUT2D eigenvalue weighted by Gasteiger charge is -2.50. The van der Waals surface area contributed by atoms with Gasteiger partial charge in [-0.15, -0.1) is 0 Å². The Balaban J connectivity index is 1.05. The van der Waals surface area contributed by atoms with E-state index in [1.807, 2.05) is 18.2 Å². The van der Waals surface area contributed by atoms with Crippen LogP contribution in [0.4, 0.5) is 5.69 Å². The fourth-order valence-corrected chi connectivity index (χ4v) is 7.45. The normalized spacial score (nSPS) is 22.0. The number of hydrogen-bond donors (Lipinski definition) is 0. The number of hydrogen-bond acceptors (Lipinski definition) is 3. The first-order chi connectivity index (χ1) is 17.9. The van der Waals surface area contributed by atoms with Crippen LogP contribution in [0, 0.1) is 5.41 Å². The first-order valence-corrected chi connectivity index (χ1v) is 14.7. The molecule has 3 aliphatic carbocycles. The lowest BCUT2D eigenvalue weighted by Crippen LogP contribution is -2.44. The van der Waals surface area contributed by atoms with Gasteiger partial charge < -0.3 is 9.42 Å². The monoisotopic (exact) mass is 532 g/mol. The third-order valence-electron chi connectivity index (χ3n) is 9.67. The zero-order valence-electron chi connectivity index (χ0n) is 21.5. The first-order valence-electron chi connectivity index (χ1n) is 13.9. The highest BCUT2D eigenvalue weighted by Crippen LogP contribution is 2.55. The number of anilines is 1. The molecule has 1 aliphatic heterocycles. The van der Waals surface area contributed by atoms with E-state index in [1.165, 1.54) is 74.6 Å². The Kier molecular flexibility index (Phi) is 5.75. The molecule has 4 fully saturated rings. The van der Waals surface area contributed by atoms with E-state index in [2.05, 4.69) is 47.3 Å². The fourth-order valence-electron chi connectivity index (χ4n) is 6.87. The van der Waals surface area contributed by atoms with E-state index in [1.54, 1.807) is 0 Å². The molecular formula is C32H34Cl2N2O. The molecule has 5 heteroatoms. The van der Waals surface area contributed by atoms with Crippen molar-refractivity contribution >= 4 is 35.0 Å². The van der Waals surface area contributed by atoms with E-state index in [0.717, 1.165) is 35.7 Å². The highest BCUT2D eigenvalue weighted by Gasteiger charge is 2.43. The number of piperidine rings is 1. The summed E-state index contributed by atoms with van der Waals surface area (Å²) in [7, 11) is 0. The molecule has 0 N–H and O–H groups in total. The summed E-state index contributed by atoms with van der Waals surface area (Å²) in [6.07, 6.45) is 13.6. The predicted octanol–water partition coefficient (Wildman–Crippen LogP) is 9.43. The molecule has 2 heterocycles. The molecule has 37 heavy (non-hydrogen) atoms. The van der Waals surface area contributed by atoms with Gasteiger partial charge in [0.15, 0.2) is 0 Å². The molecule has 4 aliphatic rings. The number of aromatic nitrogens is 1. The van der Waals surface area contributed by atoms with E-state index >= 15 is 0 Å². The van der Waals surface area contributed by atoms with Gasteiger partial charge in [0.05, 0.1) is 10.0 Å². The van der Waals surface area contributed by atoms with Crippen molar-refractivity contribution in [3.05, 3.63) is 75.0 Å². The molecule has 7 rings (SSSR count). The van der Waals surface area contributed by atoms with Crippen LogP contribution < -0.4 is 4.90 Å². The molecule has 0 amide bonds. The SMILES string of the molecule is CC1(c2ccc(N3CCC4(CC3)CC(=Cc3c(-c5c(Cl)cccc5Cl)noc3C3CC3)C4)cc2)CCC1. The average molecular weight is 534 g/mol. The van der Waals surface area contributed by atoms with E-state index in [0.29, 0.717) is 26.8 Å². The zero-order chi connectivity index (χ0) is 25.2. The Morgan fingerprint density at radius 2 is 1.62 bits per heavy atom. The van der Waals surface area contributed by atoms with Gasteiger partial charge in [0.2, 0.25) is 0 Å². The van der Waals surface area contributed by atoms with Gasteiger partial charge in [-0.25, -0.2) is 0 Å². The van der Waals surface area contributed by atoms with Crippen molar-refractivity contribution in [3.8, 4) is 11.3 Å². The molecule has 3 nitrogen and oxygen atoms in total. The maximum atomic E-state index is 6.56. The van der Waals surface area contributed by atoms with Gasteiger partial charge in [-0.1, -0.05) is 65.5 Å². The van der Waals surface area contributed by atoms with Gasteiger partial charge in [0.1, 0.15) is 11.5 Å². The summed E-state index contributed by atoms with van der Waals surface area (Å²) in [5.74, 6) is 1.48. The standard InChI is InChI=1S/C32H34Cl2N2O/c1-31(12-3-13-31)23-8-10-24(11-9-23)36-16-14-32(15-17-36)19-21(20-32)18-25-29(35-37-30(25)22-6-7-22)28-26(33)4-2-5-27(28)34/h2,4-5,8-11,18,22H,3,6-7,12-17,19-20H2,1H3. The quantitative estimate of drug-likeness (QED) is 0.327. The summed E-state index contributed by atoms with van der Waals surface area (Å²) in [6, 6.07) is 15.1. The first kappa shape index (κ1) is 23.9. The number of halogens is 2. The molecule has 0 atom stereocenters. The Labute approximate surface area is 229 Å². The minimum atomic E-state index is 0.417. The molecule has 3 saturated carbocycles. The molecule has 192 valence electrons. The van der Waals surface area contributed by atoms with Gasteiger partial charge >= 0.3 is 0 Å². The van der Waals surface area contributed by atoms with Crippen molar-refractivity contribution in [3.63, 3.8) is 0 Å². The molecule has 1 saturated heterocycles. The van der Waals surface area contributed by atoms with Crippen LogP contribution in [0.3, 0.4) is 0 Å². The lowest BCUT2D eigenvalue weighted by atomic mass is 9.60. The van der Waals surface area contributed by atoms with E-state index in [4.69, 9.17) is 27.7 Å². The van der Waals surface area contributed by atoms with Crippen molar-refractivity contribution in [2.45, 2.75) is 76.0 Å². The van der Waals surface area contributed by atoms with E-state index in [9.17, 15) is 0 Å². The van der Waals surface area contributed by atoms with Crippen LogP contribution in [0.2, 0.25) is 10.0 Å². The van der Waals surface area contributed by atoms with E-state index < -0.39 is 0 Å². The largest absolute Gasteiger partial charge is 0.371 e. The fraction of sp³-hybridized carbons (Fsp3) is 0.469. The summed E-state index contributed by atoms with van der Waals surface area (Å²) in [5.41, 5.74) is 7.94. The van der Waals surface area contributed by atoms with Crippen LogP contribution in [-0.2, 0) is 5.41 Å². The maximum absolute atomic E-state index is 6.56. The second kappa shape index (κ2) is 8.92. The van der Waals surface area contributed by atoms with Crippen LogP contribution in [-0.4, -0.2) is 18.2 Å². The number of nitrogens with zero attached hydrogens (tertiary/aromatic N) is 2. The summed E-state index contributed by atoms with van der Waals surface area (Å²) in [4.78, 5) is 2.59. The van der Waals surface area contributed by atoms with Crippen molar-refractivity contribution in [2.24, 2.45) is 5.41 Å². The highest BCUT2D eigenvalue weighted by molar-refractivity contribution is 6.39. The van der Waals surface area contributed by atoms with Crippen LogP contribution in [0.25, 0.3) is 17.3 Å². The molecule has 0 bridgehead atoms. The van der Waals surface area contributed by atoms with Crippen LogP contribution in [0.1, 0.15) is 87.5 Å². The van der Waals surface area contributed by atoms with Crippen LogP contribution >= 0.6 is 23.2 Å². The smallest absolute Gasteiger partial charge is 0.147 e. The maximum Gasteiger partial charge on any atom is 0.147 e. The molecule has 0 unspecified atom stereocenters. The second-order valence-electron chi connectivity index (χ2n) is 12.3. The second-order valence-corrected chi connectivity index (χ2v) is 13.1. The molecule has 0 radical (unpaired) electrons. The van der Waals surface area contributed by atoms with Gasteiger partial charge in [0, 0.05) is 35.8 Å². The lowest BCUT2D eigenvalue weighted by molar-refractivity contribution is 0.155. The Morgan fingerprint density at radius 3 is 2.22 bits per heavy atom. The third-order valence-corrected chi connectivity index (χ3v) is 10.3. The van der Waals surface area contributed by atoms with Gasteiger partial charge in [-0.2, -0.15) is 0 Å². The summed E-state index contributed by atoms with van der Waals surface area (Å²) in [6.45, 7) is 4.70. The molecule has 1 spiro atoms. The number of rotatable bonds is 5. The molecule has 3 aromatic rings. The van der Waals surface area contributed by atoms with Crippen LogP contribution in [0.15, 0.2) is 52.6 Å². The Bertz CT molecular complexity index is 1330. The minimum Gasteiger partial charge on any atom is -0.371 e. The molecule has 2 aromatic carbocycles. The summed E-state index contributed by atoms with van der Waals surface area (Å²) < 4.78 is 5.88. The summed E-state index contributed by atoms with van der Waals surface area (Å²) in [5, 5.41) is 5.70. The topological polar surface area (TPSA) is 29.3 Å². The average Bonchev–Trinajstić information content (AvgIpc) is 3.63. The third kappa shape index (κ3) is 4.23. The van der Waals surface area contributed by atoms with E-state index in [-0.39, 0.29) is 0 Å². The Hall–Kier alpha value is -2.23. The van der Waals surface area contributed by atoms with Gasteiger partial charge in [0.25, 0.3) is 0 Å². The molecular weight excluding hydrogens is 499 g/mol. The Morgan fingerprint density at radius 1 is 0.946 bits per heavy atom. The van der Waals surface area contributed by atoms with Gasteiger partial charge in [-0.05, 0) is 98.1 Å². The van der Waals surface area contributed by atoms with Crippen molar-refractivity contribution < 1.29 is 4.52 Å². The minimum absolute atomic E-state index is 0.417. The molecule has 1 aromatic heterocycles. The number of benzene rings is 2. The summed E-state index contributed by atoms with van der Waals surface area (Å²) >= 11 is 13.1. The van der Waals surface area contributed by atoms with Crippen molar-refractivity contribution in [1.29, 1.82) is 0 Å². The predicted molar refractivity (Wildman–Crippen MR) is 153 cm³/mol.